The van der Waals surface area contributed by atoms with Gasteiger partial charge in [0.2, 0.25) is 5.88 Å². The number of aromatic nitrogens is 1. The third-order valence-electron chi connectivity index (χ3n) is 3.26. The fraction of sp³-hybridized carbons (Fsp3) is 0.143. The van der Waals surface area contributed by atoms with Gasteiger partial charge in [-0.05, 0) is 25.1 Å². The van der Waals surface area contributed by atoms with Crippen molar-refractivity contribution in [2.45, 2.75) is 11.8 Å². The van der Waals surface area contributed by atoms with E-state index in [1.54, 1.807) is 6.07 Å². The van der Waals surface area contributed by atoms with Crippen molar-refractivity contribution < 1.29 is 24.8 Å². The number of phenolic OH excluding ortho intramolecular Hbond substituents is 1. The number of nitrogens with zero attached hydrogens (tertiary/aromatic N) is 4. The van der Waals surface area contributed by atoms with Crippen molar-refractivity contribution in [2.75, 3.05) is 0 Å². The molecule has 2 rings (SSSR count). The third kappa shape index (κ3) is 3.78. The summed E-state index contributed by atoms with van der Waals surface area (Å²) >= 11 is 0.655. The first-order valence-electron chi connectivity index (χ1n) is 6.62. The maximum atomic E-state index is 12.2. The standard InChI is InChI=1S/C14H12N4O6S/c1-7-9(6-15)13(20)18(2)14(21)12(7)17-16-10-5-8(25-24-23-22)3-4-11(10)19/h3-5,19-20,22H,1-2H3. The van der Waals surface area contributed by atoms with Crippen molar-refractivity contribution in [1.82, 2.24) is 4.57 Å². The Balaban J connectivity index is 2.49. The van der Waals surface area contributed by atoms with Crippen molar-refractivity contribution in [3.8, 4) is 17.7 Å². The Morgan fingerprint density at radius 2 is 2.04 bits per heavy atom. The van der Waals surface area contributed by atoms with Crippen LogP contribution in [-0.2, 0) is 16.4 Å². The van der Waals surface area contributed by atoms with E-state index in [1.165, 1.54) is 32.2 Å². The second-order valence-corrected chi connectivity index (χ2v) is 5.50. The topological polar surface area (TPSA) is 150 Å². The molecular formula is C14H12N4O6S. The molecule has 3 N–H and O–H groups in total. The van der Waals surface area contributed by atoms with Gasteiger partial charge in [0.15, 0.2) is 5.69 Å². The van der Waals surface area contributed by atoms with Crippen molar-refractivity contribution in [3.05, 3.63) is 39.7 Å². The number of pyridine rings is 1. The van der Waals surface area contributed by atoms with Crippen LogP contribution in [0.4, 0.5) is 11.4 Å². The highest BCUT2D eigenvalue weighted by Gasteiger charge is 2.17. The van der Waals surface area contributed by atoms with Crippen molar-refractivity contribution in [3.63, 3.8) is 0 Å². The minimum absolute atomic E-state index is 0.0135. The number of benzene rings is 1. The Labute approximate surface area is 145 Å². The monoisotopic (exact) mass is 364 g/mol. The van der Waals surface area contributed by atoms with Crippen LogP contribution < -0.4 is 5.56 Å². The van der Waals surface area contributed by atoms with Crippen molar-refractivity contribution in [1.29, 1.82) is 5.26 Å². The normalized spacial score (nSPS) is 11.0. The number of azo groups is 1. The zero-order chi connectivity index (χ0) is 18.6. The van der Waals surface area contributed by atoms with E-state index >= 15 is 0 Å². The molecule has 11 heteroatoms. The highest BCUT2D eigenvalue weighted by Crippen LogP contribution is 2.33. The zero-order valence-electron chi connectivity index (χ0n) is 13.0. The molecule has 0 saturated heterocycles. The molecule has 0 unspecified atom stereocenters. The van der Waals surface area contributed by atoms with Crippen LogP contribution in [0.2, 0.25) is 0 Å². The summed E-state index contributed by atoms with van der Waals surface area (Å²) in [5, 5.41) is 48.0. The molecule has 2 aromatic rings. The first kappa shape index (κ1) is 18.4. The van der Waals surface area contributed by atoms with Crippen LogP contribution in [-0.4, -0.2) is 20.0 Å². The molecule has 0 amide bonds. The summed E-state index contributed by atoms with van der Waals surface area (Å²) in [5.74, 6) is -0.682. The number of aromatic hydroxyl groups is 2. The number of hydrogen-bond donors (Lipinski definition) is 3. The minimum atomic E-state index is -0.653. The fourth-order valence-corrected chi connectivity index (χ4v) is 2.31. The summed E-state index contributed by atoms with van der Waals surface area (Å²) in [4.78, 5) is 12.6. The van der Waals surface area contributed by atoms with E-state index in [0.717, 1.165) is 4.57 Å². The van der Waals surface area contributed by atoms with E-state index in [-0.39, 0.29) is 28.3 Å². The molecule has 1 heterocycles. The van der Waals surface area contributed by atoms with Crippen LogP contribution in [0.3, 0.4) is 0 Å². The van der Waals surface area contributed by atoms with Gasteiger partial charge >= 0.3 is 0 Å². The maximum absolute atomic E-state index is 12.2. The average Bonchev–Trinajstić information content (AvgIpc) is 2.60. The number of phenols is 1. The molecule has 0 radical (unpaired) electrons. The second-order valence-electron chi connectivity index (χ2n) is 4.72. The molecule has 0 bridgehead atoms. The molecule has 0 aliphatic carbocycles. The third-order valence-corrected chi connectivity index (χ3v) is 3.83. The molecule has 0 saturated carbocycles. The summed E-state index contributed by atoms with van der Waals surface area (Å²) in [6.07, 6.45) is 0. The Morgan fingerprint density at radius 1 is 1.32 bits per heavy atom. The molecule has 0 aliphatic rings. The Kier molecular flexibility index (Phi) is 5.73. The number of rotatable bonds is 5. The second kappa shape index (κ2) is 7.77. The molecule has 0 atom stereocenters. The summed E-state index contributed by atoms with van der Waals surface area (Å²) in [7, 11) is 1.29. The van der Waals surface area contributed by atoms with E-state index in [2.05, 4.69) is 19.6 Å². The van der Waals surface area contributed by atoms with Gasteiger partial charge in [-0.15, -0.1) is 14.6 Å². The van der Waals surface area contributed by atoms with E-state index < -0.39 is 11.4 Å². The number of nitriles is 1. The van der Waals surface area contributed by atoms with Crippen LogP contribution >= 0.6 is 12.0 Å². The molecule has 130 valence electrons. The molecular weight excluding hydrogens is 352 g/mol. The van der Waals surface area contributed by atoms with Crippen molar-refractivity contribution >= 4 is 23.4 Å². The largest absolute Gasteiger partial charge is 0.506 e. The first-order valence-corrected chi connectivity index (χ1v) is 7.37. The van der Waals surface area contributed by atoms with E-state index in [9.17, 15) is 15.0 Å². The predicted molar refractivity (Wildman–Crippen MR) is 85.7 cm³/mol. The molecule has 0 aliphatic heterocycles. The van der Waals surface area contributed by atoms with Gasteiger partial charge < -0.3 is 10.2 Å². The molecule has 0 spiro atoms. The van der Waals surface area contributed by atoms with E-state index in [1.807, 2.05) is 0 Å². The maximum Gasteiger partial charge on any atom is 0.281 e. The van der Waals surface area contributed by atoms with Crippen molar-refractivity contribution in [2.24, 2.45) is 17.3 Å². The summed E-state index contributed by atoms with van der Waals surface area (Å²) in [6.45, 7) is 1.45. The van der Waals surface area contributed by atoms with Crippen LogP contribution in [0, 0.1) is 18.3 Å². The minimum Gasteiger partial charge on any atom is -0.506 e. The van der Waals surface area contributed by atoms with Gasteiger partial charge in [-0.2, -0.15) is 5.26 Å². The Bertz CT molecular complexity index is 934. The Hall–Kier alpha value is -2.91. The highest BCUT2D eigenvalue weighted by molar-refractivity contribution is 7.94. The molecule has 10 nitrogen and oxygen atoms in total. The summed E-state index contributed by atoms with van der Waals surface area (Å²) < 4.78 is 5.15. The lowest BCUT2D eigenvalue weighted by molar-refractivity contribution is -0.432. The average molecular weight is 364 g/mol. The van der Waals surface area contributed by atoms with Crippen LogP contribution in [0.1, 0.15) is 11.1 Å². The predicted octanol–water partition coefficient (Wildman–Crippen LogP) is 2.82. The highest BCUT2D eigenvalue weighted by atomic mass is 32.2. The zero-order valence-corrected chi connectivity index (χ0v) is 13.8. The van der Waals surface area contributed by atoms with Gasteiger partial charge in [0, 0.05) is 17.5 Å². The van der Waals surface area contributed by atoms with Gasteiger partial charge in [-0.25, -0.2) is 5.26 Å². The SMILES string of the molecule is Cc1c(C#N)c(O)n(C)c(=O)c1N=Nc1cc(SOOO)ccc1O. The lowest BCUT2D eigenvalue weighted by Crippen LogP contribution is -2.18. The molecule has 0 fully saturated rings. The van der Waals surface area contributed by atoms with E-state index in [4.69, 9.17) is 10.5 Å². The van der Waals surface area contributed by atoms with Crippen LogP contribution in [0.25, 0.3) is 0 Å². The lowest BCUT2D eigenvalue weighted by Gasteiger charge is -2.08. The van der Waals surface area contributed by atoms with Gasteiger partial charge in [-0.1, -0.05) is 5.04 Å². The smallest absolute Gasteiger partial charge is 0.281 e. The van der Waals surface area contributed by atoms with Gasteiger partial charge in [0.25, 0.3) is 5.56 Å². The Morgan fingerprint density at radius 3 is 2.68 bits per heavy atom. The molecule has 1 aromatic heterocycles. The number of hydrogen-bond acceptors (Lipinski definition) is 10. The van der Waals surface area contributed by atoms with Crippen LogP contribution in [0.15, 0.2) is 38.1 Å². The van der Waals surface area contributed by atoms with E-state index in [0.29, 0.717) is 16.9 Å². The molecule has 1 aromatic carbocycles. The quantitative estimate of drug-likeness (QED) is 0.317. The van der Waals surface area contributed by atoms with Gasteiger partial charge in [0.1, 0.15) is 23.1 Å². The summed E-state index contributed by atoms with van der Waals surface area (Å²) in [6, 6.07) is 5.94. The van der Waals surface area contributed by atoms with Crippen LogP contribution in [0.5, 0.6) is 11.6 Å². The lowest BCUT2D eigenvalue weighted by atomic mass is 10.1. The van der Waals surface area contributed by atoms with Gasteiger partial charge in [0.05, 0.1) is 12.0 Å². The first-order chi connectivity index (χ1) is 11.9. The molecule has 25 heavy (non-hydrogen) atoms. The summed E-state index contributed by atoms with van der Waals surface area (Å²) in [5.41, 5.74) is -0.726. The van der Waals surface area contributed by atoms with Gasteiger partial charge in [-0.3, -0.25) is 9.36 Å². The fourth-order valence-electron chi connectivity index (χ4n) is 1.91.